The minimum atomic E-state index is -0.0374. The van der Waals surface area contributed by atoms with Crippen LogP contribution in [-0.4, -0.2) is 18.3 Å². The van der Waals surface area contributed by atoms with Gasteiger partial charge in [0.25, 0.3) is 5.91 Å². The first kappa shape index (κ1) is 13.5. The van der Waals surface area contributed by atoms with E-state index in [1.54, 1.807) is 6.07 Å². The van der Waals surface area contributed by atoms with Crippen molar-refractivity contribution >= 4 is 17.5 Å². The molecule has 4 heteroatoms. The molecule has 1 fully saturated rings. The molecule has 100 valence electrons. The fraction of sp³-hybridized carbons (Fsp3) is 0.643. The van der Waals surface area contributed by atoms with E-state index >= 15 is 0 Å². The van der Waals surface area contributed by atoms with Gasteiger partial charge < -0.3 is 9.73 Å². The maximum absolute atomic E-state index is 12.0. The van der Waals surface area contributed by atoms with Gasteiger partial charge in [0.15, 0.2) is 0 Å². The van der Waals surface area contributed by atoms with Gasteiger partial charge >= 0.3 is 0 Å². The lowest BCUT2D eigenvalue weighted by Crippen LogP contribution is -2.31. The summed E-state index contributed by atoms with van der Waals surface area (Å²) >= 11 is 5.94. The van der Waals surface area contributed by atoms with Gasteiger partial charge in [-0.3, -0.25) is 4.79 Å². The molecule has 1 N–H and O–H groups in total. The Morgan fingerprint density at radius 1 is 1.44 bits per heavy atom. The van der Waals surface area contributed by atoms with E-state index in [-0.39, 0.29) is 5.91 Å². The van der Waals surface area contributed by atoms with Gasteiger partial charge in [-0.2, -0.15) is 0 Å². The van der Waals surface area contributed by atoms with Crippen LogP contribution in [0, 0.1) is 25.7 Å². The molecule has 18 heavy (non-hydrogen) atoms. The van der Waals surface area contributed by atoms with E-state index in [2.05, 4.69) is 5.32 Å². The molecular weight excluding hydrogens is 250 g/mol. The second kappa shape index (κ2) is 5.79. The third-order valence-electron chi connectivity index (χ3n) is 3.83. The zero-order valence-corrected chi connectivity index (χ0v) is 11.7. The van der Waals surface area contributed by atoms with E-state index in [4.69, 9.17) is 16.0 Å². The molecular formula is C14H20ClNO2. The van der Waals surface area contributed by atoms with E-state index < -0.39 is 0 Å². The smallest absolute Gasteiger partial charge is 0.254 e. The van der Waals surface area contributed by atoms with Crippen molar-refractivity contribution in [3.05, 3.63) is 23.2 Å². The number of hydrogen-bond acceptors (Lipinski definition) is 2. The summed E-state index contributed by atoms with van der Waals surface area (Å²) in [5.41, 5.74) is 0.646. The molecule has 0 saturated heterocycles. The molecule has 1 aliphatic rings. The third-order valence-corrected chi connectivity index (χ3v) is 4.22. The molecule has 0 aliphatic heterocycles. The highest BCUT2D eigenvalue weighted by Crippen LogP contribution is 2.32. The fourth-order valence-corrected chi connectivity index (χ4v) is 3.17. The van der Waals surface area contributed by atoms with Crippen molar-refractivity contribution in [3.63, 3.8) is 0 Å². The summed E-state index contributed by atoms with van der Waals surface area (Å²) in [6.07, 6.45) is 3.58. The fourth-order valence-electron chi connectivity index (χ4n) is 2.76. The summed E-state index contributed by atoms with van der Waals surface area (Å²) in [5.74, 6) is 3.20. The number of aryl methyl sites for hydroxylation is 2. The molecule has 2 atom stereocenters. The average molecular weight is 270 g/mol. The molecule has 2 unspecified atom stereocenters. The van der Waals surface area contributed by atoms with Crippen LogP contribution in [0.5, 0.6) is 0 Å². The number of amides is 1. The number of furan rings is 1. The van der Waals surface area contributed by atoms with Crippen LogP contribution in [0.3, 0.4) is 0 Å². The van der Waals surface area contributed by atoms with Crippen LogP contribution < -0.4 is 5.32 Å². The molecule has 1 saturated carbocycles. The van der Waals surface area contributed by atoms with Crippen molar-refractivity contribution in [1.29, 1.82) is 0 Å². The normalized spacial score (nSPS) is 23.3. The van der Waals surface area contributed by atoms with Crippen molar-refractivity contribution in [2.45, 2.75) is 33.1 Å². The highest BCUT2D eigenvalue weighted by atomic mass is 35.5. The molecule has 1 heterocycles. The Morgan fingerprint density at radius 2 is 2.17 bits per heavy atom. The topological polar surface area (TPSA) is 42.2 Å². The van der Waals surface area contributed by atoms with Gasteiger partial charge in [-0.25, -0.2) is 0 Å². The first-order chi connectivity index (χ1) is 8.61. The van der Waals surface area contributed by atoms with Crippen LogP contribution >= 0.6 is 11.6 Å². The Hall–Kier alpha value is -0.960. The van der Waals surface area contributed by atoms with Gasteiger partial charge in [0, 0.05) is 12.4 Å². The van der Waals surface area contributed by atoms with Crippen LogP contribution in [0.4, 0.5) is 0 Å². The Kier molecular flexibility index (Phi) is 4.33. The maximum Gasteiger partial charge on any atom is 0.254 e. The summed E-state index contributed by atoms with van der Waals surface area (Å²) in [7, 11) is 0. The largest absolute Gasteiger partial charge is 0.466 e. The predicted molar refractivity (Wildman–Crippen MR) is 72.1 cm³/mol. The van der Waals surface area contributed by atoms with E-state index in [0.29, 0.717) is 29.0 Å². The van der Waals surface area contributed by atoms with Gasteiger partial charge in [-0.1, -0.05) is 6.42 Å². The summed E-state index contributed by atoms with van der Waals surface area (Å²) in [6.45, 7) is 4.39. The molecule has 0 radical (unpaired) electrons. The van der Waals surface area contributed by atoms with Crippen LogP contribution in [0.25, 0.3) is 0 Å². The molecule has 0 aromatic carbocycles. The maximum atomic E-state index is 12.0. The van der Waals surface area contributed by atoms with Crippen molar-refractivity contribution in [2.75, 3.05) is 12.4 Å². The molecule has 1 aromatic rings. The second-order valence-corrected chi connectivity index (χ2v) is 5.45. The minimum absolute atomic E-state index is 0.0374. The average Bonchev–Trinajstić information content (AvgIpc) is 2.92. The first-order valence-corrected chi connectivity index (χ1v) is 7.06. The molecule has 0 bridgehead atoms. The number of carbonyl (C=O) groups is 1. The molecule has 1 aliphatic carbocycles. The van der Waals surface area contributed by atoms with Gasteiger partial charge in [0.05, 0.1) is 5.56 Å². The summed E-state index contributed by atoms with van der Waals surface area (Å²) in [5, 5.41) is 3.00. The summed E-state index contributed by atoms with van der Waals surface area (Å²) in [6, 6.07) is 1.79. The number of alkyl halides is 1. The van der Waals surface area contributed by atoms with E-state index in [0.717, 1.165) is 12.3 Å². The highest BCUT2D eigenvalue weighted by Gasteiger charge is 2.27. The van der Waals surface area contributed by atoms with Crippen LogP contribution in [-0.2, 0) is 0 Å². The number of rotatable bonds is 4. The van der Waals surface area contributed by atoms with E-state index in [1.165, 1.54) is 19.3 Å². The molecule has 1 aromatic heterocycles. The van der Waals surface area contributed by atoms with Crippen molar-refractivity contribution < 1.29 is 9.21 Å². The zero-order valence-electron chi connectivity index (χ0n) is 11.0. The number of carbonyl (C=O) groups excluding carboxylic acids is 1. The van der Waals surface area contributed by atoms with Crippen molar-refractivity contribution in [2.24, 2.45) is 11.8 Å². The number of halogens is 1. The van der Waals surface area contributed by atoms with Crippen LogP contribution in [0.1, 0.15) is 41.1 Å². The molecule has 3 nitrogen and oxygen atoms in total. The second-order valence-electron chi connectivity index (χ2n) is 5.14. The van der Waals surface area contributed by atoms with Gasteiger partial charge in [-0.15, -0.1) is 11.6 Å². The first-order valence-electron chi connectivity index (χ1n) is 6.53. The summed E-state index contributed by atoms with van der Waals surface area (Å²) in [4.78, 5) is 12.0. The Morgan fingerprint density at radius 3 is 2.78 bits per heavy atom. The number of hydrogen-bond donors (Lipinski definition) is 1. The summed E-state index contributed by atoms with van der Waals surface area (Å²) < 4.78 is 5.37. The lowest BCUT2D eigenvalue weighted by Gasteiger charge is -2.17. The molecule has 0 spiro atoms. The van der Waals surface area contributed by atoms with Crippen LogP contribution in [0.15, 0.2) is 10.5 Å². The van der Waals surface area contributed by atoms with Gasteiger partial charge in [0.2, 0.25) is 0 Å². The Balaban J connectivity index is 1.90. The quantitative estimate of drug-likeness (QED) is 0.853. The van der Waals surface area contributed by atoms with Gasteiger partial charge in [0.1, 0.15) is 11.5 Å². The van der Waals surface area contributed by atoms with E-state index in [9.17, 15) is 4.79 Å². The van der Waals surface area contributed by atoms with E-state index in [1.807, 2.05) is 13.8 Å². The predicted octanol–water partition coefficient (Wildman–Crippen LogP) is 3.28. The SMILES string of the molecule is Cc1cc(C(=O)NCC2CCCC2CCl)c(C)o1. The third kappa shape index (κ3) is 2.89. The number of nitrogens with one attached hydrogen (secondary N) is 1. The monoisotopic (exact) mass is 269 g/mol. The molecule has 2 rings (SSSR count). The highest BCUT2D eigenvalue weighted by molar-refractivity contribution is 6.18. The lowest BCUT2D eigenvalue weighted by molar-refractivity contribution is 0.0943. The zero-order chi connectivity index (χ0) is 13.1. The minimum Gasteiger partial charge on any atom is -0.466 e. The standard InChI is InChI=1S/C14H20ClNO2/c1-9-6-13(10(2)18-9)14(17)16-8-12-5-3-4-11(12)7-15/h6,11-12H,3-5,7-8H2,1-2H3,(H,16,17). The molecule has 1 amide bonds. The van der Waals surface area contributed by atoms with Crippen LogP contribution in [0.2, 0.25) is 0 Å². The van der Waals surface area contributed by atoms with Crippen molar-refractivity contribution in [1.82, 2.24) is 5.32 Å². The Bertz CT molecular complexity index is 427. The lowest BCUT2D eigenvalue weighted by atomic mass is 9.98. The van der Waals surface area contributed by atoms with Crippen molar-refractivity contribution in [3.8, 4) is 0 Å². The Labute approximate surface area is 113 Å². The van der Waals surface area contributed by atoms with Gasteiger partial charge in [-0.05, 0) is 44.6 Å².